The molecule has 0 amide bonds. The Kier molecular flexibility index (Phi) is 3.46. The number of rotatable bonds is 5. The highest BCUT2D eigenvalue weighted by atomic mass is 16.2. The zero-order chi connectivity index (χ0) is 10.6. The predicted octanol–water partition coefficient (Wildman–Crippen LogP) is 0.370. The number of H-pyrrole nitrogens is 1. The van der Waals surface area contributed by atoms with Crippen molar-refractivity contribution < 1.29 is 5.11 Å². The second-order valence-electron chi connectivity index (χ2n) is 4.28. The van der Waals surface area contributed by atoms with Crippen molar-refractivity contribution in [2.24, 2.45) is 5.41 Å². The number of hydrogen-bond acceptors (Lipinski definition) is 3. The van der Waals surface area contributed by atoms with Crippen molar-refractivity contribution in [3.8, 4) is 0 Å². The number of nitrogens with one attached hydrogen (secondary N) is 1. The first-order valence-electron chi connectivity index (χ1n) is 4.76. The van der Waals surface area contributed by atoms with Crippen LogP contribution in [0.2, 0.25) is 0 Å². The van der Waals surface area contributed by atoms with Gasteiger partial charge in [-0.3, -0.25) is 4.57 Å². The normalized spacial score (nSPS) is 11.9. The fourth-order valence-electron chi connectivity index (χ4n) is 1.48. The number of hydrogen-bond donors (Lipinski definition) is 2. The van der Waals surface area contributed by atoms with Gasteiger partial charge in [0.25, 0.3) is 0 Å². The van der Waals surface area contributed by atoms with Crippen LogP contribution in [0, 0.1) is 5.41 Å². The first kappa shape index (κ1) is 11.0. The highest BCUT2D eigenvalue weighted by Crippen LogP contribution is 2.23. The molecule has 1 aromatic heterocycles. The minimum atomic E-state index is -0.179. The lowest BCUT2D eigenvalue weighted by Gasteiger charge is -2.23. The molecule has 5 heteroatoms. The van der Waals surface area contributed by atoms with Gasteiger partial charge in [0.2, 0.25) is 0 Å². The summed E-state index contributed by atoms with van der Waals surface area (Å²) in [5, 5.41) is 14.7. The number of aliphatic hydroxyl groups excluding tert-OH is 1. The lowest BCUT2D eigenvalue weighted by atomic mass is 9.88. The lowest BCUT2D eigenvalue weighted by Crippen LogP contribution is -2.26. The SMILES string of the molecule is CC(C)(CCCO)Cn1cn[nH]c1=O. The van der Waals surface area contributed by atoms with Crippen LogP contribution < -0.4 is 5.69 Å². The van der Waals surface area contributed by atoms with Gasteiger partial charge in [-0.1, -0.05) is 13.8 Å². The van der Waals surface area contributed by atoms with E-state index in [2.05, 4.69) is 24.0 Å². The molecule has 1 aromatic rings. The average molecular weight is 199 g/mol. The Balaban J connectivity index is 2.59. The molecule has 0 aliphatic heterocycles. The van der Waals surface area contributed by atoms with Crippen molar-refractivity contribution in [3.05, 3.63) is 16.8 Å². The van der Waals surface area contributed by atoms with Crippen LogP contribution in [0.4, 0.5) is 0 Å². The summed E-state index contributed by atoms with van der Waals surface area (Å²) in [6.07, 6.45) is 3.16. The first-order chi connectivity index (χ1) is 6.55. The quantitative estimate of drug-likeness (QED) is 0.719. The average Bonchev–Trinajstić information content (AvgIpc) is 2.48. The molecule has 0 bridgehead atoms. The van der Waals surface area contributed by atoms with E-state index in [1.807, 2.05) is 0 Å². The van der Waals surface area contributed by atoms with Crippen molar-refractivity contribution >= 4 is 0 Å². The molecule has 2 N–H and O–H groups in total. The van der Waals surface area contributed by atoms with Crippen molar-refractivity contribution in [2.45, 2.75) is 33.2 Å². The Morgan fingerprint density at radius 3 is 2.86 bits per heavy atom. The largest absolute Gasteiger partial charge is 0.396 e. The molecule has 0 saturated carbocycles. The van der Waals surface area contributed by atoms with Crippen molar-refractivity contribution in [3.63, 3.8) is 0 Å². The zero-order valence-corrected chi connectivity index (χ0v) is 8.66. The standard InChI is InChI=1S/C9H17N3O2/c1-9(2,4-3-5-13)6-12-7-10-11-8(12)14/h7,13H,3-6H2,1-2H3,(H,11,14). The molecule has 5 nitrogen and oxygen atoms in total. The number of aliphatic hydroxyl groups is 1. The van der Waals surface area contributed by atoms with Gasteiger partial charge in [0.1, 0.15) is 6.33 Å². The van der Waals surface area contributed by atoms with E-state index in [1.54, 1.807) is 4.57 Å². The summed E-state index contributed by atoms with van der Waals surface area (Å²) in [7, 11) is 0. The second-order valence-corrected chi connectivity index (χ2v) is 4.28. The molecule has 0 aliphatic rings. The summed E-state index contributed by atoms with van der Waals surface area (Å²) in [6.45, 7) is 4.97. The minimum Gasteiger partial charge on any atom is -0.396 e. The summed E-state index contributed by atoms with van der Waals surface area (Å²) in [5.41, 5.74) is -0.168. The van der Waals surface area contributed by atoms with Crippen LogP contribution in [0.1, 0.15) is 26.7 Å². The van der Waals surface area contributed by atoms with E-state index < -0.39 is 0 Å². The van der Waals surface area contributed by atoms with Gasteiger partial charge >= 0.3 is 5.69 Å². The highest BCUT2D eigenvalue weighted by molar-refractivity contribution is 4.73. The maximum atomic E-state index is 11.2. The van der Waals surface area contributed by atoms with Gasteiger partial charge in [-0.2, -0.15) is 5.10 Å². The second kappa shape index (κ2) is 4.41. The molecule has 1 rings (SSSR count). The van der Waals surface area contributed by atoms with Gasteiger partial charge in [-0.05, 0) is 18.3 Å². The molecule has 0 aromatic carbocycles. The molecule has 0 unspecified atom stereocenters. The van der Waals surface area contributed by atoms with Gasteiger partial charge in [0.05, 0.1) is 0 Å². The third-order valence-electron chi connectivity index (χ3n) is 2.23. The number of aromatic nitrogens is 3. The van der Waals surface area contributed by atoms with Crippen LogP contribution >= 0.6 is 0 Å². The molecule has 0 saturated heterocycles. The summed E-state index contributed by atoms with van der Waals surface area (Å²) in [6, 6.07) is 0. The van der Waals surface area contributed by atoms with Crippen LogP contribution in [0.5, 0.6) is 0 Å². The maximum absolute atomic E-state index is 11.2. The molecule has 0 atom stereocenters. The molecule has 0 fully saturated rings. The third-order valence-corrected chi connectivity index (χ3v) is 2.23. The molecule has 80 valence electrons. The molecule has 0 radical (unpaired) electrons. The van der Waals surface area contributed by atoms with Crippen molar-refractivity contribution in [1.82, 2.24) is 14.8 Å². The number of aromatic amines is 1. The van der Waals surface area contributed by atoms with Gasteiger partial charge in [-0.15, -0.1) is 0 Å². The Labute approximate surface area is 82.8 Å². The molecular formula is C9H17N3O2. The van der Waals surface area contributed by atoms with E-state index in [0.29, 0.717) is 6.54 Å². The van der Waals surface area contributed by atoms with E-state index in [4.69, 9.17) is 5.11 Å². The molecular weight excluding hydrogens is 182 g/mol. The van der Waals surface area contributed by atoms with Crippen molar-refractivity contribution in [1.29, 1.82) is 0 Å². The molecule has 1 heterocycles. The van der Waals surface area contributed by atoms with E-state index in [9.17, 15) is 4.79 Å². The minimum absolute atomic E-state index is 0.0103. The van der Waals surface area contributed by atoms with Crippen LogP contribution in [0.25, 0.3) is 0 Å². The van der Waals surface area contributed by atoms with E-state index in [0.717, 1.165) is 12.8 Å². The Morgan fingerprint density at radius 2 is 2.36 bits per heavy atom. The Bertz CT molecular complexity index is 327. The predicted molar refractivity (Wildman–Crippen MR) is 52.9 cm³/mol. The summed E-state index contributed by atoms with van der Waals surface area (Å²) in [5.74, 6) is 0. The highest BCUT2D eigenvalue weighted by Gasteiger charge is 2.18. The zero-order valence-electron chi connectivity index (χ0n) is 8.66. The maximum Gasteiger partial charge on any atom is 0.343 e. The van der Waals surface area contributed by atoms with Crippen LogP contribution in [0.15, 0.2) is 11.1 Å². The Hall–Kier alpha value is -1.10. The lowest BCUT2D eigenvalue weighted by molar-refractivity contribution is 0.221. The van der Waals surface area contributed by atoms with Gasteiger partial charge < -0.3 is 5.11 Å². The Morgan fingerprint density at radius 1 is 1.64 bits per heavy atom. The molecule has 0 spiro atoms. The monoisotopic (exact) mass is 199 g/mol. The van der Waals surface area contributed by atoms with Crippen LogP contribution in [0.3, 0.4) is 0 Å². The van der Waals surface area contributed by atoms with Gasteiger partial charge in [0.15, 0.2) is 0 Å². The number of nitrogens with zero attached hydrogens (tertiary/aromatic N) is 2. The van der Waals surface area contributed by atoms with Gasteiger partial charge in [0, 0.05) is 13.2 Å². The summed E-state index contributed by atoms with van der Waals surface area (Å²) in [4.78, 5) is 11.2. The van der Waals surface area contributed by atoms with Crippen LogP contribution in [-0.2, 0) is 6.54 Å². The first-order valence-corrected chi connectivity index (χ1v) is 4.76. The van der Waals surface area contributed by atoms with Crippen LogP contribution in [-0.4, -0.2) is 26.5 Å². The van der Waals surface area contributed by atoms with Crippen molar-refractivity contribution in [2.75, 3.05) is 6.61 Å². The van der Waals surface area contributed by atoms with Gasteiger partial charge in [-0.25, -0.2) is 9.89 Å². The van der Waals surface area contributed by atoms with E-state index in [1.165, 1.54) is 6.33 Å². The molecule has 0 aliphatic carbocycles. The topological polar surface area (TPSA) is 70.9 Å². The third kappa shape index (κ3) is 2.99. The van der Waals surface area contributed by atoms with E-state index >= 15 is 0 Å². The smallest absolute Gasteiger partial charge is 0.343 e. The van der Waals surface area contributed by atoms with E-state index in [-0.39, 0.29) is 17.7 Å². The fourth-order valence-corrected chi connectivity index (χ4v) is 1.48. The molecule has 14 heavy (non-hydrogen) atoms. The summed E-state index contributed by atoms with van der Waals surface area (Å²) < 4.78 is 1.55. The summed E-state index contributed by atoms with van der Waals surface area (Å²) >= 11 is 0. The fraction of sp³-hybridized carbons (Fsp3) is 0.778.